The molecular weight excluding hydrogens is 252 g/mol. The number of hydrogen-bond acceptors (Lipinski definition) is 4. The highest BCUT2D eigenvalue weighted by molar-refractivity contribution is 6.32. The molecule has 96 valence electrons. The third kappa shape index (κ3) is 2.76. The van der Waals surface area contributed by atoms with E-state index in [-0.39, 0.29) is 0 Å². The van der Waals surface area contributed by atoms with Crippen LogP contribution in [0.1, 0.15) is 25.1 Å². The molecule has 0 saturated heterocycles. The molecule has 2 aromatic heterocycles. The van der Waals surface area contributed by atoms with E-state index in [2.05, 4.69) is 34.2 Å². The van der Waals surface area contributed by atoms with Crippen molar-refractivity contribution < 1.29 is 0 Å². The summed E-state index contributed by atoms with van der Waals surface area (Å²) >= 11 is 6.28. The van der Waals surface area contributed by atoms with E-state index in [1.54, 1.807) is 10.9 Å². The number of halogens is 1. The molecule has 0 aromatic carbocycles. The second-order valence-electron chi connectivity index (χ2n) is 4.45. The zero-order valence-corrected chi connectivity index (χ0v) is 11.3. The van der Waals surface area contributed by atoms with Gasteiger partial charge < -0.3 is 0 Å². The average Bonchev–Trinajstić information content (AvgIpc) is 2.87. The minimum absolute atomic E-state index is 0.490. The Morgan fingerprint density at radius 1 is 1.39 bits per heavy atom. The molecule has 2 rings (SSSR count). The van der Waals surface area contributed by atoms with Gasteiger partial charge in [-0.1, -0.05) is 25.4 Å². The molecule has 2 aromatic rings. The summed E-state index contributed by atoms with van der Waals surface area (Å²) in [5.41, 5.74) is 1.68. The lowest BCUT2D eigenvalue weighted by Gasteiger charge is -2.05. The van der Waals surface area contributed by atoms with Gasteiger partial charge in [-0.05, 0) is 12.8 Å². The highest BCUT2D eigenvalue weighted by Crippen LogP contribution is 2.19. The molecule has 6 nitrogen and oxygen atoms in total. The van der Waals surface area contributed by atoms with Gasteiger partial charge in [0.15, 0.2) is 0 Å². The van der Waals surface area contributed by atoms with Crippen molar-refractivity contribution in [1.29, 1.82) is 0 Å². The van der Waals surface area contributed by atoms with Gasteiger partial charge in [-0.2, -0.15) is 10.2 Å². The Balaban J connectivity index is 2.25. The van der Waals surface area contributed by atoms with Crippen molar-refractivity contribution in [2.45, 2.75) is 27.3 Å². The van der Waals surface area contributed by atoms with Gasteiger partial charge in [-0.15, -0.1) is 10.2 Å². The monoisotopic (exact) mass is 266 g/mol. The predicted molar refractivity (Wildman–Crippen MR) is 69.8 cm³/mol. The second-order valence-corrected chi connectivity index (χ2v) is 4.81. The maximum absolute atomic E-state index is 6.28. The third-order valence-electron chi connectivity index (χ3n) is 2.37. The van der Waals surface area contributed by atoms with Crippen molar-refractivity contribution >= 4 is 17.8 Å². The van der Waals surface area contributed by atoms with Gasteiger partial charge in [-0.3, -0.25) is 4.68 Å². The number of aromatic nitrogens is 5. The average molecular weight is 267 g/mol. The normalized spacial score (nSPS) is 11.8. The molecular formula is C11H15ClN6. The molecule has 7 heteroatoms. The molecule has 18 heavy (non-hydrogen) atoms. The molecule has 0 radical (unpaired) electrons. The van der Waals surface area contributed by atoms with Gasteiger partial charge in [0.2, 0.25) is 0 Å². The van der Waals surface area contributed by atoms with Crippen molar-refractivity contribution in [1.82, 2.24) is 24.7 Å². The van der Waals surface area contributed by atoms with Crippen molar-refractivity contribution in [3.8, 4) is 0 Å². The Labute approximate surface area is 110 Å². The van der Waals surface area contributed by atoms with E-state index in [0.29, 0.717) is 11.1 Å². The summed E-state index contributed by atoms with van der Waals surface area (Å²) in [6.45, 7) is 6.95. The number of hydrogen-bond donors (Lipinski definition) is 0. The smallest absolute Gasteiger partial charge is 0.141 e. The summed E-state index contributed by atoms with van der Waals surface area (Å²) in [4.78, 5) is 0. The topological polar surface area (TPSA) is 60.9 Å². The maximum Gasteiger partial charge on any atom is 0.141 e. The molecule has 0 atom stereocenters. The van der Waals surface area contributed by atoms with E-state index < -0.39 is 0 Å². The van der Waals surface area contributed by atoms with E-state index in [4.69, 9.17) is 11.6 Å². The fourth-order valence-electron chi connectivity index (χ4n) is 1.56. The largest absolute Gasteiger partial charge is 0.253 e. The first-order valence-corrected chi connectivity index (χ1v) is 6.07. The van der Waals surface area contributed by atoms with E-state index in [1.165, 1.54) is 17.3 Å². The number of nitrogens with zero attached hydrogens (tertiary/aromatic N) is 6. The van der Waals surface area contributed by atoms with Gasteiger partial charge in [0, 0.05) is 6.54 Å². The summed E-state index contributed by atoms with van der Waals surface area (Å²) < 4.78 is 3.31. The summed E-state index contributed by atoms with van der Waals surface area (Å²) in [5, 5.41) is 16.5. The van der Waals surface area contributed by atoms with Crippen LogP contribution in [0.25, 0.3) is 0 Å². The summed E-state index contributed by atoms with van der Waals surface area (Å²) in [6, 6.07) is 0. The molecule has 0 aliphatic rings. The summed E-state index contributed by atoms with van der Waals surface area (Å²) in [5.74, 6) is 0.490. The van der Waals surface area contributed by atoms with Crippen LogP contribution in [0.5, 0.6) is 0 Å². The first kappa shape index (κ1) is 12.8. The fourth-order valence-corrected chi connectivity index (χ4v) is 1.85. The quantitative estimate of drug-likeness (QED) is 0.795. The molecule has 2 heterocycles. The van der Waals surface area contributed by atoms with Crippen LogP contribution in [0.2, 0.25) is 5.15 Å². The molecule has 0 aliphatic heterocycles. The van der Waals surface area contributed by atoms with E-state index in [0.717, 1.165) is 17.8 Å². The lowest BCUT2D eigenvalue weighted by Crippen LogP contribution is -2.06. The van der Waals surface area contributed by atoms with Crippen LogP contribution in [-0.4, -0.2) is 30.9 Å². The Kier molecular flexibility index (Phi) is 3.76. The van der Waals surface area contributed by atoms with E-state index in [9.17, 15) is 0 Å². The van der Waals surface area contributed by atoms with E-state index >= 15 is 0 Å². The molecule has 0 amide bonds. The van der Waals surface area contributed by atoms with Crippen LogP contribution in [0, 0.1) is 12.8 Å². The first-order valence-electron chi connectivity index (χ1n) is 5.70. The summed E-state index contributed by atoms with van der Waals surface area (Å²) in [7, 11) is 0. The van der Waals surface area contributed by atoms with Gasteiger partial charge >= 0.3 is 0 Å². The second kappa shape index (κ2) is 5.30. The standard InChI is InChI=1S/C11H15ClN6/c1-8(2)5-18-11(12)10(9(3)16-18)4-15-17-6-13-14-7-17/h4,6-8H,5H2,1-3H3. The zero-order chi connectivity index (χ0) is 13.1. The van der Waals surface area contributed by atoms with Crippen molar-refractivity contribution in [2.75, 3.05) is 0 Å². The van der Waals surface area contributed by atoms with Crippen LogP contribution >= 0.6 is 11.6 Å². The van der Waals surface area contributed by atoms with Crippen molar-refractivity contribution in [3.63, 3.8) is 0 Å². The molecule has 0 N–H and O–H groups in total. The Morgan fingerprint density at radius 3 is 2.67 bits per heavy atom. The van der Waals surface area contributed by atoms with Crippen molar-refractivity contribution in [3.05, 3.63) is 29.1 Å². The summed E-state index contributed by atoms with van der Waals surface area (Å²) in [6.07, 6.45) is 4.70. The Bertz CT molecular complexity index is 540. The first-order chi connectivity index (χ1) is 8.58. The Hall–Kier alpha value is -1.69. The van der Waals surface area contributed by atoms with Crippen LogP contribution in [0.4, 0.5) is 0 Å². The van der Waals surface area contributed by atoms with Gasteiger partial charge in [-0.25, -0.2) is 4.68 Å². The zero-order valence-electron chi connectivity index (χ0n) is 10.6. The number of aryl methyl sites for hydroxylation is 1. The highest BCUT2D eigenvalue weighted by atomic mass is 35.5. The number of rotatable bonds is 4. The minimum atomic E-state index is 0.490. The lowest BCUT2D eigenvalue weighted by molar-refractivity contribution is 0.482. The SMILES string of the molecule is Cc1nn(CC(C)C)c(Cl)c1C=Nn1cnnc1. The van der Waals surface area contributed by atoms with Crippen LogP contribution in [-0.2, 0) is 6.54 Å². The maximum atomic E-state index is 6.28. The Morgan fingerprint density at radius 2 is 2.06 bits per heavy atom. The third-order valence-corrected chi connectivity index (χ3v) is 2.77. The van der Waals surface area contributed by atoms with Crippen LogP contribution < -0.4 is 0 Å². The molecule has 0 spiro atoms. The van der Waals surface area contributed by atoms with Crippen LogP contribution in [0.15, 0.2) is 17.8 Å². The molecule has 0 aliphatic carbocycles. The lowest BCUT2D eigenvalue weighted by atomic mass is 10.2. The predicted octanol–water partition coefficient (Wildman–Crippen LogP) is 1.97. The van der Waals surface area contributed by atoms with E-state index in [1.807, 2.05) is 6.92 Å². The molecule has 0 bridgehead atoms. The van der Waals surface area contributed by atoms with Gasteiger partial charge in [0.05, 0.1) is 17.5 Å². The van der Waals surface area contributed by atoms with Gasteiger partial charge in [0.1, 0.15) is 17.8 Å². The fraction of sp³-hybridized carbons (Fsp3) is 0.455. The minimum Gasteiger partial charge on any atom is -0.253 e. The van der Waals surface area contributed by atoms with Gasteiger partial charge in [0.25, 0.3) is 0 Å². The van der Waals surface area contributed by atoms with Crippen molar-refractivity contribution in [2.24, 2.45) is 11.0 Å². The molecule has 0 unspecified atom stereocenters. The molecule has 0 fully saturated rings. The molecule has 0 saturated carbocycles. The highest BCUT2D eigenvalue weighted by Gasteiger charge is 2.12. The van der Waals surface area contributed by atoms with Crippen LogP contribution in [0.3, 0.4) is 0 Å².